The van der Waals surface area contributed by atoms with E-state index >= 15 is 0 Å². The maximum Gasteiger partial charge on any atom is 0.128 e. The van der Waals surface area contributed by atoms with Crippen molar-refractivity contribution in [1.82, 2.24) is 4.98 Å². The van der Waals surface area contributed by atoms with Gasteiger partial charge in [-0.1, -0.05) is 22.0 Å². The van der Waals surface area contributed by atoms with E-state index in [1.807, 2.05) is 6.07 Å². The van der Waals surface area contributed by atoms with Crippen LogP contribution < -0.4 is 5.73 Å². The third-order valence-corrected chi connectivity index (χ3v) is 4.48. The van der Waals surface area contributed by atoms with Gasteiger partial charge in [-0.3, -0.25) is 4.98 Å². The first kappa shape index (κ1) is 13.7. The minimum Gasteiger partial charge on any atom is -0.323 e. The molecule has 0 aliphatic heterocycles. The molecule has 4 heteroatoms. The van der Waals surface area contributed by atoms with Gasteiger partial charge in [0.15, 0.2) is 0 Å². The van der Waals surface area contributed by atoms with Crippen molar-refractivity contribution < 1.29 is 4.39 Å². The third-order valence-electron chi connectivity index (χ3n) is 3.99. The number of nitrogens with zero attached hydrogens (tertiary/aromatic N) is 1. The fourth-order valence-electron chi connectivity index (χ4n) is 2.98. The van der Waals surface area contributed by atoms with Crippen LogP contribution in [0.3, 0.4) is 0 Å². The molecule has 0 bridgehead atoms. The second-order valence-corrected chi connectivity index (χ2v) is 6.15. The highest BCUT2D eigenvalue weighted by atomic mass is 79.9. The molecule has 0 spiro atoms. The maximum atomic E-state index is 14.0. The zero-order chi connectivity index (χ0) is 14.1. The van der Waals surface area contributed by atoms with Crippen LogP contribution in [0.15, 0.2) is 41.0 Å². The Morgan fingerprint density at radius 1 is 1.35 bits per heavy atom. The lowest BCUT2D eigenvalue weighted by Gasteiger charge is -2.29. The third kappa shape index (κ3) is 2.50. The number of pyridine rings is 1. The molecular weight excluding hydrogens is 319 g/mol. The lowest BCUT2D eigenvalue weighted by molar-refractivity contribution is 0.448. The van der Waals surface area contributed by atoms with Gasteiger partial charge < -0.3 is 5.73 Å². The Bertz CT molecular complexity index is 630. The van der Waals surface area contributed by atoms with E-state index < -0.39 is 0 Å². The Morgan fingerprint density at radius 3 is 3.05 bits per heavy atom. The van der Waals surface area contributed by atoms with Gasteiger partial charge in [0, 0.05) is 33.9 Å². The Hall–Kier alpha value is -1.26. The molecule has 1 heterocycles. The molecule has 104 valence electrons. The zero-order valence-electron chi connectivity index (χ0n) is 11.0. The quantitative estimate of drug-likeness (QED) is 0.897. The van der Waals surface area contributed by atoms with Gasteiger partial charge in [0.25, 0.3) is 0 Å². The Labute approximate surface area is 126 Å². The van der Waals surface area contributed by atoms with Crippen molar-refractivity contribution in [2.45, 2.75) is 31.2 Å². The molecule has 1 aromatic heterocycles. The van der Waals surface area contributed by atoms with E-state index in [1.165, 1.54) is 11.6 Å². The Kier molecular flexibility index (Phi) is 3.85. The average molecular weight is 335 g/mol. The number of fused-ring (bicyclic) bond motifs is 1. The highest BCUT2D eigenvalue weighted by Gasteiger charge is 2.29. The first-order chi connectivity index (χ1) is 9.66. The molecule has 0 amide bonds. The number of hydrogen-bond donors (Lipinski definition) is 1. The van der Waals surface area contributed by atoms with Crippen molar-refractivity contribution >= 4 is 15.9 Å². The van der Waals surface area contributed by atoms with Crippen LogP contribution in [-0.4, -0.2) is 4.98 Å². The second-order valence-electron chi connectivity index (χ2n) is 5.24. The summed E-state index contributed by atoms with van der Waals surface area (Å²) in [4.78, 5) is 4.49. The fourth-order valence-corrected chi connectivity index (χ4v) is 3.36. The molecular formula is C16H16BrFN2. The lowest BCUT2D eigenvalue weighted by Crippen LogP contribution is -2.25. The molecule has 0 fully saturated rings. The van der Waals surface area contributed by atoms with Crippen LogP contribution in [0, 0.1) is 5.82 Å². The van der Waals surface area contributed by atoms with Gasteiger partial charge in [-0.15, -0.1) is 0 Å². The van der Waals surface area contributed by atoms with Crippen LogP contribution >= 0.6 is 15.9 Å². The van der Waals surface area contributed by atoms with Gasteiger partial charge in [-0.25, -0.2) is 4.39 Å². The number of nitrogens with two attached hydrogens (primary N) is 1. The number of aryl methyl sites for hydroxylation is 1. The van der Waals surface area contributed by atoms with Crippen LogP contribution in [-0.2, 0) is 6.42 Å². The molecule has 1 aliphatic carbocycles. The minimum atomic E-state index is -0.360. The number of rotatable bonds is 2. The SMILES string of the molecule is NC(c1cc(Br)ccc1F)C1CCCc2cccnc21. The van der Waals surface area contributed by atoms with E-state index in [2.05, 4.69) is 27.0 Å². The number of halogens is 2. The minimum absolute atomic E-state index is 0.0868. The van der Waals surface area contributed by atoms with Crippen LogP contribution in [0.25, 0.3) is 0 Å². The number of aromatic nitrogens is 1. The average Bonchev–Trinajstić information content (AvgIpc) is 2.48. The van der Waals surface area contributed by atoms with E-state index in [0.717, 1.165) is 29.4 Å². The predicted octanol–water partition coefficient (Wildman–Crippen LogP) is 4.10. The molecule has 0 saturated heterocycles. The summed E-state index contributed by atoms with van der Waals surface area (Å²) in [6.07, 6.45) is 4.86. The highest BCUT2D eigenvalue weighted by molar-refractivity contribution is 9.10. The van der Waals surface area contributed by atoms with E-state index in [9.17, 15) is 4.39 Å². The summed E-state index contributed by atoms with van der Waals surface area (Å²) < 4.78 is 14.9. The number of benzene rings is 1. The monoisotopic (exact) mass is 334 g/mol. The topological polar surface area (TPSA) is 38.9 Å². The van der Waals surface area contributed by atoms with Gasteiger partial charge in [0.2, 0.25) is 0 Å². The summed E-state index contributed by atoms with van der Waals surface area (Å²) >= 11 is 3.38. The number of hydrogen-bond acceptors (Lipinski definition) is 2. The van der Waals surface area contributed by atoms with Gasteiger partial charge in [0.1, 0.15) is 5.82 Å². The van der Waals surface area contributed by atoms with Crippen LogP contribution in [0.5, 0.6) is 0 Å². The molecule has 0 radical (unpaired) electrons. The molecule has 2 aromatic rings. The standard InChI is InChI=1S/C16H16BrFN2/c17-11-6-7-14(18)13(9-11)15(19)12-5-1-3-10-4-2-8-20-16(10)12/h2,4,6-9,12,15H,1,3,5,19H2. The van der Waals surface area contributed by atoms with Crippen molar-refractivity contribution in [2.24, 2.45) is 5.73 Å². The first-order valence-electron chi connectivity index (χ1n) is 6.81. The predicted molar refractivity (Wildman–Crippen MR) is 80.9 cm³/mol. The summed E-state index contributed by atoms with van der Waals surface area (Å²) in [7, 11) is 0. The molecule has 2 nitrogen and oxygen atoms in total. The Balaban J connectivity index is 1.99. The maximum absolute atomic E-state index is 14.0. The van der Waals surface area contributed by atoms with Gasteiger partial charge in [0.05, 0.1) is 0 Å². The first-order valence-corrected chi connectivity index (χ1v) is 7.60. The fraction of sp³-hybridized carbons (Fsp3) is 0.312. The zero-order valence-corrected chi connectivity index (χ0v) is 12.6. The van der Waals surface area contributed by atoms with Crippen molar-refractivity contribution in [2.75, 3.05) is 0 Å². The molecule has 2 unspecified atom stereocenters. The smallest absolute Gasteiger partial charge is 0.128 e. The van der Waals surface area contributed by atoms with Crippen LogP contribution in [0.4, 0.5) is 4.39 Å². The molecule has 2 atom stereocenters. The van der Waals surface area contributed by atoms with Gasteiger partial charge >= 0.3 is 0 Å². The molecule has 20 heavy (non-hydrogen) atoms. The largest absolute Gasteiger partial charge is 0.323 e. The second kappa shape index (κ2) is 5.62. The van der Waals surface area contributed by atoms with Gasteiger partial charge in [-0.2, -0.15) is 0 Å². The van der Waals surface area contributed by atoms with Crippen LogP contribution in [0.1, 0.15) is 41.6 Å². The van der Waals surface area contributed by atoms with E-state index in [1.54, 1.807) is 18.3 Å². The van der Waals surface area contributed by atoms with Crippen molar-refractivity contribution in [3.05, 3.63) is 63.6 Å². The van der Waals surface area contributed by atoms with Crippen molar-refractivity contribution in [1.29, 1.82) is 0 Å². The molecule has 3 rings (SSSR count). The normalized spacial score (nSPS) is 19.4. The molecule has 0 saturated carbocycles. The summed E-state index contributed by atoms with van der Waals surface area (Å²) in [5.74, 6) is -0.160. The molecule has 1 aromatic carbocycles. The van der Waals surface area contributed by atoms with Crippen LogP contribution in [0.2, 0.25) is 0 Å². The summed E-state index contributed by atoms with van der Waals surface area (Å²) in [6.45, 7) is 0. The van der Waals surface area contributed by atoms with Gasteiger partial charge in [-0.05, 0) is 49.1 Å². The van der Waals surface area contributed by atoms with Crippen molar-refractivity contribution in [3.8, 4) is 0 Å². The Morgan fingerprint density at radius 2 is 2.20 bits per heavy atom. The summed E-state index contributed by atoms with van der Waals surface area (Å²) in [6, 6.07) is 8.61. The van der Waals surface area contributed by atoms with Crippen molar-refractivity contribution in [3.63, 3.8) is 0 Å². The molecule has 1 aliphatic rings. The van der Waals surface area contributed by atoms with E-state index in [-0.39, 0.29) is 17.8 Å². The lowest BCUT2D eigenvalue weighted by atomic mass is 9.80. The summed E-state index contributed by atoms with van der Waals surface area (Å²) in [5, 5.41) is 0. The molecule has 2 N–H and O–H groups in total. The highest BCUT2D eigenvalue weighted by Crippen LogP contribution is 2.39. The van der Waals surface area contributed by atoms with E-state index in [0.29, 0.717) is 5.56 Å². The summed E-state index contributed by atoms with van der Waals surface area (Å²) in [5.41, 5.74) is 9.19. The van der Waals surface area contributed by atoms with E-state index in [4.69, 9.17) is 5.73 Å².